The number of fused-ring (bicyclic) bond motifs is 1. The molecule has 0 spiro atoms. The van der Waals surface area contributed by atoms with E-state index in [9.17, 15) is 9.18 Å². The second-order valence-corrected chi connectivity index (χ2v) is 4.12. The third kappa shape index (κ3) is 1.59. The van der Waals surface area contributed by atoms with Crippen molar-refractivity contribution in [2.24, 2.45) is 5.73 Å². The number of rotatable bonds is 1. The molecule has 1 aromatic carbocycles. The van der Waals surface area contributed by atoms with Gasteiger partial charge in [0.2, 0.25) is 0 Å². The second kappa shape index (κ2) is 3.87. The maximum atomic E-state index is 13.1. The van der Waals surface area contributed by atoms with Crippen LogP contribution in [0.4, 0.5) is 4.39 Å². The van der Waals surface area contributed by atoms with Crippen LogP contribution >= 0.6 is 0 Å². The van der Waals surface area contributed by atoms with Crippen LogP contribution in [0.3, 0.4) is 0 Å². The quantitative estimate of drug-likeness (QED) is 0.734. The lowest BCUT2D eigenvalue weighted by Gasteiger charge is -2.32. The van der Waals surface area contributed by atoms with E-state index in [2.05, 4.69) is 0 Å². The van der Waals surface area contributed by atoms with Crippen molar-refractivity contribution in [1.29, 1.82) is 0 Å². The predicted molar refractivity (Wildman–Crippen MR) is 57.2 cm³/mol. The van der Waals surface area contributed by atoms with E-state index in [0.29, 0.717) is 12.0 Å². The Bertz CT molecular complexity index is 433. The highest BCUT2D eigenvalue weighted by atomic mass is 19.1. The molecule has 4 heteroatoms. The molecule has 2 rings (SSSR count). The zero-order valence-electron chi connectivity index (χ0n) is 9.13. The number of aryl methyl sites for hydroxylation is 1. The summed E-state index contributed by atoms with van der Waals surface area (Å²) in [6.07, 6.45) is 2.06. The fourth-order valence-electron chi connectivity index (χ4n) is 2.29. The highest BCUT2D eigenvalue weighted by molar-refractivity contribution is 5.83. The van der Waals surface area contributed by atoms with Crippen LogP contribution in [0.2, 0.25) is 0 Å². The van der Waals surface area contributed by atoms with Gasteiger partial charge in [0.25, 0.3) is 0 Å². The molecule has 0 saturated heterocycles. The number of benzene rings is 1. The molecule has 0 saturated carbocycles. The van der Waals surface area contributed by atoms with Gasteiger partial charge < -0.3 is 10.5 Å². The fraction of sp³-hybridized carbons (Fsp3) is 0.417. The summed E-state index contributed by atoms with van der Waals surface area (Å²) in [4.78, 5) is 11.7. The van der Waals surface area contributed by atoms with Gasteiger partial charge in [-0.3, -0.25) is 0 Å². The number of carbonyl (C=O) groups excluding carboxylic acids is 1. The van der Waals surface area contributed by atoms with E-state index in [4.69, 9.17) is 10.5 Å². The summed E-state index contributed by atoms with van der Waals surface area (Å²) in [7, 11) is 1.31. The van der Waals surface area contributed by atoms with Crippen molar-refractivity contribution in [3.8, 4) is 0 Å². The molecule has 0 radical (unpaired) electrons. The molecule has 2 N–H and O–H groups in total. The average molecular weight is 223 g/mol. The highest BCUT2D eigenvalue weighted by Gasteiger charge is 2.40. The first kappa shape index (κ1) is 11.1. The fourth-order valence-corrected chi connectivity index (χ4v) is 2.29. The zero-order valence-corrected chi connectivity index (χ0v) is 9.13. The van der Waals surface area contributed by atoms with Crippen molar-refractivity contribution in [1.82, 2.24) is 0 Å². The van der Waals surface area contributed by atoms with Crippen molar-refractivity contribution in [2.45, 2.75) is 24.8 Å². The van der Waals surface area contributed by atoms with Crippen molar-refractivity contribution >= 4 is 5.97 Å². The lowest BCUT2D eigenvalue weighted by Crippen LogP contribution is -2.48. The molecule has 1 aliphatic rings. The minimum absolute atomic E-state index is 0.298. The second-order valence-electron chi connectivity index (χ2n) is 4.12. The third-order valence-corrected chi connectivity index (χ3v) is 3.11. The predicted octanol–water partition coefficient (Wildman–Crippen LogP) is 1.49. The van der Waals surface area contributed by atoms with Crippen LogP contribution in [-0.4, -0.2) is 13.1 Å². The molecule has 16 heavy (non-hydrogen) atoms. The molecule has 0 amide bonds. The Hall–Kier alpha value is -1.42. The van der Waals surface area contributed by atoms with Crippen molar-refractivity contribution in [3.63, 3.8) is 0 Å². The molecule has 3 nitrogen and oxygen atoms in total. The third-order valence-electron chi connectivity index (χ3n) is 3.11. The molecule has 1 atom stereocenters. The van der Waals surface area contributed by atoms with E-state index in [-0.39, 0.29) is 5.82 Å². The van der Waals surface area contributed by atoms with E-state index >= 15 is 0 Å². The minimum atomic E-state index is -1.12. The Balaban J connectivity index is 2.51. The van der Waals surface area contributed by atoms with Gasteiger partial charge in [0.1, 0.15) is 11.4 Å². The summed E-state index contributed by atoms with van der Waals surface area (Å²) >= 11 is 0. The summed E-state index contributed by atoms with van der Waals surface area (Å²) in [5.41, 5.74) is 6.45. The molecule has 1 aliphatic carbocycles. The molecule has 86 valence electrons. The number of methoxy groups -OCH3 is 1. The molecule has 0 heterocycles. The molecule has 0 fully saturated rings. The van der Waals surface area contributed by atoms with Gasteiger partial charge >= 0.3 is 5.97 Å². The smallest absolute Gasteiger partial charge is 0.330 e. The van der Waals surface area contributed by atoms with Crippen LogP contribution in [0, 0.1) is 5.82 Å². The maximum absolute atomic E-state index is 13.1. The molecular formula is C12H14FNO2. The molecular weight excluding hydrogens is 209 g/mol. The summed E-state index contributed by atoms with van der Waals surface area (Å²) in [6, 6.07) is 4.36. The normalized spacial score (nSPS) is 23.7. The first-order valence-electron chi connectivity index (χ1n) is 5.24. The van der Waals surface area contributed by atoms with Crippen LogP contribution < -0.4 is 5.73 Å². The van der Waals surface area contributed by atoms with E-state index < -0.39 is 11.5 Å². The Kier molecular flexibility index (Phi) is 2.68. The van der Waals surface area contributed by atoms with Gasteiger partial charge in [-0.2, -0.15) is 0 Å². The van der Waals surface area contributed by atoms with Gasteiger partial charge in [0.05, 0.1) is 7.11 Å². The van der Waals surface area contributed by atoms with Gasteiger partial charge in [-0.1, -0.05) is 6.07 Å². The number of ether oxygens (including phenoxy) is 1. The lowest BCUT2D eigenvalue weighted by atomic mass is 9.77. The van der Waals surface area contributed by atoms with Gasteiger partial charge in [0.15, 0.2) is 0 Å². The maximum Gasteiger partial charge on any atom is 0.330 e. The lowest BCUT2D eigenvalue weighted by molar-refractivity contribution is -0.148. The van der Waals surface area contributed by atoms with E-state index in [1.807, 2.05) is 0 Å². The number of hydrogen-bond acceptors (Lipinski definition) is 3. The Morgan fingerprint density at radius 2 is 2.31 bits per heavy atom. The molecule has 1 unspecified atom stereocenters. The molecule has 1 aromatic rings. The van der Waals surface area contributed by atoms with E-state index in [1.54, 1.807) is 6.07 Å². The van der Waals surface area contributed by atoms with E-state index in [1.165, 1.54) is 19.2 Å². The summed E-state index contributed by atoms with van der Waals surface area (Å²) < 4.78 is 17.8. The summed E-state index contributed by atoms with van der Waals surface area (Å²) in [6.45, 7) is 0. The van der Waals surface area contributed by atoms with Crippen LogP contribution in [-0.2, 0) is 21.5 Å². The SMILES string of the molecule is COC(=O)C1(N)CCCc2cc(F)ccc21. The number of nitrogens with two attached hydrogens (primary N) is 1. The number of carbonyl (C=O) groups is 1. The van der Waals surface area contributed by atoms with Crippen LogP contribution in [0.1, 0.15) is 24.0 Å². The monoisotopic (exact) mass is 223 g/mol. The largest absolute Gasteiger partial charge is 0.467 e. The Labute approximate surface area is 93.4 Å². The highest BCUT2D eigenvalue weighted by Crippen LogP contribution is 2.34. The Morgan fingerprint density at radius 1 is 1.56 bits per heavy atom. The van der Waals surface area contributed by atoms with Crippen molar-refractivity contribution in [3.05, 3.63) is 35.1 Å². The van der Waals surface area contributed by atoms with Crippen LogP contribution in [0.5, 0.6) is 0 Å². The molecule has 0 aliphatic heterocycles. The zero-order chi connectivity index (χ0) is 11.8. The van der Waals surface area contributed by atoms with Gasteiger partial charge in [-0.15, -0.1) is 0 Å². The summed E-state index contributed by atoms with van der Waals surface area (Å²) in [5.74, 6) is -0.757. The van der Waals surface area contributed by atoms with Crippen molar-refractivity contribution < 1.29 is 13.9 Å². The molecule has 0 aromatic heterocycles. The summed E-state index contributed by atoms with van der Waals surface area (Å²) in [5, 5.41) is 0. The molecule has 0 bridgehead atoms. The van der Waals surface area contributed by atoms with Gasteiger partial charge in [0, 0.05) is 0 Å². The minimum Gasteiger partial charge on any atom is -0.467 e. The number of halogens is 1. The van der Waals surface area contributed by atoms with Gasteiger partial charge in [-0.05, 0) is 42.5 Å². The first-order valence-corrected chi connectivity index (χ1v) is 5.24. The topological polar surface area (TPSA) is 52.3 Å². The standard InChI is InChI=1S/C12H14FNO2/c1-16-11(15)12(14)6-2-3-8-7-9(13)4-5-10(8)12/h4-5,7H,2-3,6,14H2,1H3. The first-order chi connectivity index (χ1) is 7.58. The Morgan fingerprint density at radius 3 is 3.00 bits per heavy atom. The van der Waals surface area contributed by atoms with Crippen LogP contribution in [0.25, 0.3) is 0 Å². The average Bonchev–Trinajstić information content (AvgIpc) is 2.27. The number of hydrogen-bond donors (Lipinski definition) is 1. The number of esters is 1. The van der Waals surface area contributed by atoms with Crippen molar-refractivity contribution in [2.75, 3.05) is 7.11 Å². The van der Waals surface area contributed by atoms with Gasteiger partial charge in [-0.25, -0.2) is 9.18 Å². The van der Waals surface area contributed by atoms with Crippen LogP contribution in [0.15, 0.2) is 18.2 Å². The van der Waals surface area contributed by atoms with E-state index in [0.717, 1.165) is 18.4 Å².